The van der Waals surface area contributed by atoms with Gasteiger partial charge in [0.05, 0.1) is 17.2 Å². The van der Waals surface area contributed by atoms with Crippen molar-refractivity contribution < 1.29 is 9.59 Å². The van der Waals surface area contributed by atoms with Crippen molar-refractivity contribution in [1.29, 1.82) is 0 Å². The number of benzene rings is 2. The van der Waals surface area contributed by atoms with Crippen LogP contribution in [0.15, 0.2) is 42.7 Å². The second-order valence-corrected chi connectivity index (χ2v) is 13.0. The van der Waals surface area contributed by atoms with Crippen LogP contribution in [-0.4, -0.2) is 39.6 Å². The molecule has 36 heavy (non-hydrogen) atoms. The van der Waals surface area contributed by atoms with E-state index in [1.807, 2.05) is 24.4 Å². The first kappa shape index (κ1) is 19.0. The highest BCUT2D eigenvalue weighted by Crippen LogP contribution is 3.06. The van der Waals surface area contributed by atoms with Crippen LogP contribution in [-0.2, 0) is 16.8 Å². The predicted molar refractivity (Wildman–Crippen MR) is 133 cm³/mol. The number of rotatable bonds is 4. The zero-order chi connectivity index (χ0) is 23.7. The van der Waals surface area contributed by atoms with Crippen LogP contribution in [0.4, 0.5) is 5.69 Å². The van der Waals surface area contributed by atoms with Crippen molar-refractivity contribution in [2.45, 2.75) is 31.7 Å². The molecule has 1 saturated heterocycles. The molecule has 0 bridgehead atoms. The molecule has 11 rings (SSSR count). The van der Waals surface area contributed by atoms with Crippen LogP contribution in [0.3, 0.4) is 0 Å². The van der Waals surface area contributed by atoms with E-state index >= 15 is 0 Å². The zero-order valence-electron chi connectivity index (χ0n) is 20.3. The third-order valence-electron chi connectivity index (χ3n) is 12.2. The summed E-state index contributed by atoms with van der Waals surface area (Å²) in [4.78, 5) is 28.1. The molecular weight excluding hydrogens is 448 g/mol. The molecule has 2 aromatic carbocycles. The number of hydrogen-bond donors (Lipinski definition) is 1. The number of aromatic nitrogens is 2. The number of anilines is 1. The molecule has 3 aromatic rings. The Morgan fingerprint density at radius 1 is 1.06 bits per heavy atom. The molecule has 6 heteroatoms. The number of nitrogens with zero attached hydrogens (tertiary/aromatic N) is 3. The minimum atomic E-state index is -0.0561. The smallest absolute Gasteiger partial charge is 0.256 e. The Morgan fingerprint density at radius 3 is 2.56 bits per heavy atom. The average molecular weight is 477 g/mol. The quantitative estimate of drug-likeness (QED) is 0.621. The van der Waals surface area contributed by atoms with E-state index < -0.39 is 0 Å². The fourth-order valence-corrected chi connectivity index (χ4v) is 10.6. The molecular formula is C30H28N4O2. The van der Waals surface area contributed by atoms with E-state index in [1.165, 1.54) is 11.1 Å². The molecule has 6 aliphatic carbocycles. The maximum Gasteiger partial charge on any atom is 0.256 e. The number of nitrogens with one attached hydrogen (secondary N) is 1. The number of carbonyl (C=O) groups is 2. The van der Waals surface area contributed by atoms with Crippen LogP contribution < -0.4 is 5.32 Å². The third kappa shape index (κ3) is 1.71. The van der Waals surface area contributed by atoms with Gasteiger partial charge in [0.15, 0.2) is 0 Å². The van der Waals surface area contributed by atoms with Crippen molar-refractivity contribution in [2.24, 2.45) is 46.8 Å². The van der Waals surface area contributed by atoms with Gasteiger partial charge >= 0.3 is 0 Å². The summed E-state index contributed by atoms with van der Waals surface area (Å²) in [6.45, 7) is 4.02. The van der Waals surface area contributed by atoms with Gasteiger partial charge in [-0.2, -0.15) is 5.10 Å². The minimum Gasteiger partial charge on any atom is -0.342 e. The molecule has 0 spiro atoms. The fourth-order valence-electron chi connectivity index (χ4n) is 10.6. The summed E-state index contributed by atoms with van der Waals surface area (Å²) in [7, 11) is 0. The maximum atomic E-state index is 13.6. The molecule has 6 nitrogen and oxygen atoms in total. The lowest BCUT2D eigenvalue weighted by Crippen LogP contribution is -3.07. The van der Waals surface area contributed by atoms with Crippen molar-refractivity contribution in [1.82, 2.24) is 14.7 Å². The Morgan fingerprint density at radius 2 is 1.81 bits per heavy atom. The standard InChI is InChI=1S/C30H28N4O2/c1-29(7-9-33(10-8-29)28(36)30-24-21-20-22(24)26(30)23(20)25(21)30)34-13-14(12-31-34)11-15-5-6-18-19-16(15)3-2-4-17(19)27(35)32-18/h2-6,12-13,20-26H,7-11H2,1H3,(H,32,35). The largest absolute Gasteiger partial charge is 0.342 e. The molecule has 3 heterocycles. The Balaban J connectivity index is 0.877. The van der Waals surface area contributed by atoms with Crippen LogP contribution in [0.25, 0.3) is 10.8 Å². The Labute approximate surface area is 209 Å². The average Bonchev–Trinajstić information content (AvgIpc) is 3.52. The van der Waals surface area contributed by atoms with Crippen LogP contribution in [0.1, 0.15) is 41.3 Å². The molecule has 8 aliphatic rings. The van der Waals surface area contributed by atoms with Crippen molar-refractivity contribution in [3.63, 3.8) is 0 Å². The van der Waals surface area contributed by atoms with Gasteiger partial charge in [0, 0.05) is 42.3 Å². The van der Waals surface area contributed by atoms with Gasteiger partial charge in [0.25, 0.3) is 5.91 Å². The van der Waals surface area contributed by atoms with Gasteiger partial charge in [0.2, 0.25) is 5.91 Å². The molecule has 0 atom stereocenters. The summed E-state index contributed by atoms with van der Waals surface area (Å²) in [5.74, 6) is 6.81. The molecule has 180 valence electrons. The first-order valence-corrected chi connectivity index (χ1v) is 13.7. The van der Waals surface area contributed by atoms with Crippen LogP contribution in [0.5, 0.6) is 0 Å². The van der Waals surface area contributed by atoms with Gasteiger partial charge in [-0.15, -0.1) is 0 Å². The van der Waals surface area contributed by atoms with E-state index in [0.717, 1.165) is 95.8 Å². The summed E-state index contributed by atoms with van der Waals surface area (Å²) >= 11 is 0. The molecule has 2 amide bonds. The second kappa shape index (κ2) is 5.56. The van der Waals surface area contributed by atoms with Gasteiger partial charge < -0.3 is 10.2 Å². The SMILES string of the molecule is CC1(n2cc(Cc3ccc4c5c(cccc35)C(=O)N4)cn2)CCN(C(=O)C23C4C5C6C4C2C6C53)CC1. The van der Waals surface area contributed by atoms with E-state index in [4.69, 9.17) is 5.10 Å². The second-order valence-electron chi connectivity index (χ2n) is 13.0. The van der Waals surface area contributed by atoms with E-state index in [-0.39, 0.29) is 16.9 Å². The molecule has 7 fully saturated rings. The van der Waals surface area contributed by atoms with Gasteiger partial charge in [-0.3, -0.25) is 14.3 Å². The maximum absolute atomic E-state index is 13.6. The van der Waals surface area contributed by atoms with E-state index in [9.17, 15) is 9.59 Å². The molecule has 1 aromatic heterocycles. The Bertz CT molecular complexity index is 1530. The topological polar surface area (TPSA) is 67.2 Å². The summed E-state index contributed by atoms with van der Waals surface area (Å²) in [6.07, 6.45) is 6.89. The molecule has 1 N–H and O–H groups in total. The zero-order valence-corrected chi connectivity index (χ0v) is 20.3. The van der Waals surface area contributed by atoms with Crippen LogP contribution in [0, 0.1) is 46.8 Å². The van der Waals surface area contributed by atoms with Crippen LogP contribution in [0.2, 0.25) is 0 Å². The summed E-state index contributed by atoms with van der Waals surface area (Å²) in [5.41, 5.74) is 4.13. The van der Waals surface area contributed by atoms with Crippen molar-refractivity contribution >= 4 is 28.3 Å². The lowest BCUT2D eigenvalue weighted by Gasteiger charge is -3.06. The van der Waals surface area contributed by atoms with Gasteiger partial charge in [-0.1, -0.05) is 18.2 Å². The molecule has 0 unspecified atom stereocenters. The summed E-state index contributed by atoms with van der Waals surface area (Å²) in [6, 6.07) is 10.1. The summed E-state index contributed by atoms with van der Waals surface area (Å²) < 4.78 is 2.15. The lowest BCUT2D eigenvalue weighted by atomic mass is 8.96. The number of amides is 2. The highest BCUT2D eigenvalue weighted by atomic mass is 16.2. The Hall–Kier alpha value is -3.15. The van der Waals surface area contributed by atoms with Gasteiger partial charge in [-0.25, -0.2) is 0 Å². The number of hydrogen-bond acceptors (Lipinski definition) is 3. The minimum absolute atomic E-state index is 0.0157. The third-order valence-corrected chi connectivity index (χ3v) is 12.2. The number of piperidine rings is 1. The fraction of sp³-hybridized carbons (Fsp3) is 0.500. The first-order chi connectivity index (χ1) is 17.5. The molecule has 2 aliphatic heterocycles. The number of carbonyl (C=O) groups excluding carboxylic acids is 2. The predicted octanol–water partition coefficient (Wildman–Crippen LogP) is 3.90. The highest BCUT2D eigenvalue weighted by Gasteiger charge is 3.06. The van der Waals surface area contributed by atoms with E-state index in [2.05, 4.69) is 40.2 Å². The van der Waals surface area contributed by atoms with Crippen molar-refractivity contribution in [3.8, 4) is 0 Å². The van der Waals surface area contributed by atoms with Crippen molar-refractivity contribution in [2.75, 3.05) is 18.4 Å². The lowest BCUT2D eigenvalue weighted by molar-refractivity contribution is -0.597. The monoisotopic (exact) mass is 476 g/mol. The van der Waals surface area contributed by atoms with Gasteiger partial charge in [-0.05, 0) is 89.8 Å². The normalized spacial score (nSPS) is 40.4. The Kier molecular flexibility index (Phi) is 2.94. The highest BCUT2D eigenvalue weighted by molar-refractivity contribution is 6.24. The van der Waals surface area contributed by atoms with E-state index in [0.29, 0.717) is 5.91 Å². The summed E-state index contributed by atoms with van der Waals surface area (Å²) in [5, 5.41) is 9.95. The van der Waals surface area contributed by atoms with Crippen LogP contribution >= 0.6 is 0 Å². The molecule has 0 radical (unpaired) electrons. The van der Waals surface area contributed by atoms with Gasteiger partial charge in [0.1, 0.15) is 0 Å². The van der Waals surface area contributed by atoms with E-state index in [1.54, 1.807) is 0 Å². The van der Waals surface area contributed by atoms with Crippen molar-refractivity contribution in [3.05, 3.63) is 59.4 Å². The first-order valence-electron chi connectivity index (χ1n) is 13.7. The number of likely N-dealkylation sites (tertiary alicyclic amines) is 1. The molecule has 6 saturated carbocycles.